The SMILES string of the molecule is N=C(N)[N+](N1CCCCC1)(N1CCCCC1)N1CCCCC1.[Cl-]. The van der Waals surface area contributed by atoms with E-state index in [1.807, 2.05) is 0 Å². The fourth-order valence-corrected chi connectivity index (χ4v) is 4.46. The molecule has 0 aromatic heterocycles. The molecular formula is C16H33ClN6. The lowest BCUT2D eigenvalue weighted by atomic mass is 10.1. The van der Waals surface area contributed by atoms with Gasteiger partial charge in [-0.05, 0) is 43.3 Å². The molecule has 6 nitrogen and oxygen atoms in total. The highest BCUT2D eigenvalue weighted by atomic mass is 35.5. The van der Waals surface area contributed by atoms with E-state index in [2.05, 4.69) is 15.0 Å². The van der Waals surface area contributed by atoms with Crippen LogP contribution in [0.15, 0.2) is 0 Å². The lowest BCUT2D eigenvalue weighted by molar-refractivity contribution is -1.15. The number of quaternary nitrogens is 1. The van der Waals surface area contributed by atoms with Gasteiger partial charge < -0.3 is 18.1 Å². The Morgan fingerprint density at radius 1 is 0.609 bits per heavy atom. The lowest BCUT2D eigenvalue weighted by Gasteiger charge is -2.55. The number of nitrogens with two attached hydrogens (primary N) is 1. The van der Waals surface area contributed by atoms with Crippen LogP contribution >= 0.6 is 0 Å². The summed E-state index contributed by atoms with van der Waals surface area (Å²) in [6.07, 6.45) is 11.3. The molecule has 3 rings (SSSR count). The van der Waals surface area contributed by atoms with E-state index in [-0.39, 0.29) is 12.4 Å². The molecule has 0 amide bonds. The summed E-state index contributed by atoms with van der Waals surface area (Å²) in [6.45, 7) is 6.37. The molecule has 3 heterocycles. The van der Waals surface area contributed by atoms with Gasteiger partial charge in [0.25, 0.3) is 0 Å². The van der Waals surface area contributed by atoms with E-state index in [0.717, 1.165) is 39.3 Å². The molecule has 3 aliphatic rings. The zero-order valence-corrected chi connectivity index (χ0v) is 15.1. The van der Waals surface area contributed by atoms with Crippen molar-refractivity contribution in [1.29, 1.82) is 5.41 Å². The molecule has 3 saturated heterocycles. The predicted octanol–water partition coefficient (Wildman–Crippen LogP) is -1.10. The molecule has 0 aliphatic carbocycles. The third kappa shape index (κ3) is 3.66. The molecule has 0 aromatic rings. The van der Waals surface area contributed by atoms with Gasteiger partial charge in [-0.25, -0.2) is 5.41 Å². The molecule has 23 heavy (non-hydrogen) atoms. The summed E-state index contributed by atoms with van der Waals surface area (Å²) < 4.78 is 0. The Bertz CT molecular complexity index is 327. The first-order chi connectivity index (χ1) is 10.8. The smallest absolute Gasteiger partial charge is 0.353 e. The van der Waals surface area contributed by atoms with Gasteiger partial charge in [0.1, 0.15) is 0 Å². The normalized spacial score (nSPS) is 25.7. The van der Waals surface area contributed by atoms with Crippen molar-refractivity contribution >= 4 is 5.96 Å². The van der Waals surface area contributed by atoms with Crippen molar-refractivity contribution in [2.24, 2.45) is 5.73 Å². The maximum Gasteiger partial charge on any atom is 0.353 e. The summed E-state index contributed by atoms with van der Waals surface area (Å²) in [5, 5.41) is 16.0. The molecule has 3 aliphatic heterocycles. The monoisotopic (exact) mass is 344 g/mol. The summed E-state index contributed by atoms with van der Waals surface area (Å²) in [7, 11) is 0. The van der Waals surface area contributed by atoms with Gasteiger partial charge in [-0.3, -0.25) is 0 Å². The van der Waals surface area contributed by atoms with Crippen LogP contribution in [0.25, 0.3) is 0 Å². The van der Waals surface area contributed by atoms with Crippen LogP contribution in [-0.2, 0) is 0 Å². The van der Waals surface area contributed by atoms with Gasteiger partial charge in [-0.2, -0.15) is 0 Å². The molecule has 0 saturated carbocycles. The number of hydrogen-bond donors (Lipinski definition) is 2. The molecule has 3 fully saturated rings. The highest BCUT2D eigenvalue weighted by Crippen LogP contribution is 2.30. The third-order valence-corrected chi connectivity index (χ3v) is 5.50. The van der Waals surface area contributed by atoms with Gasteiger partial charge >= 0.3 is 5.96 Å². The Labute approximate surface area is 147 Å². The number of halogens is 1. The van der Waals surface area contributed by atoms with Crippen molar-refractivity contribution in [3.8, 4) is 0 Å². The van der Waals surface area contributed by atoms with Crippen LogP contribution < -0.4 is 18.1 Å². The minimum atomic E-state index is 0. The molecule has 3 N–H and O–H groups in total. The lowest BCUT2D eigenvalue weighted by Crippen LogP contribution is -3.00. The number of piperidine rings is 3. The summed E-state index contributed by atoms with van der Waals surface area (Å²) in [6, 6.07) is 0. The highest BCUT2D eigenvalue weighted by molar-refractivity contribution is 5.66. The molecule has 0 atom stereocenters. The van der Waals surface area contributed by atoms with Crippen LogP contribution in [0.1, 0.15) is 57.8 Å². The first kappa shape index (κ1) is 18.9. The number of nitrogens with one attached hydrogen (secondary N) is 1. The average molecular weight is 345 g/mol. The van der Waals surface area contributed by atoms with Gasteiger partial charge in [0.15, 0.2) is 0 Å². The van der Waals surface area contributed by atoms with Crippen molar-refractivity contribution in [2.75, 3.05) is 39.3 Å². The first-order valence-corrected chi connectivity index (χ1v) is 9.26. The van der Waals surface area contributed by atoms with Crippen molar-refractivity contribution in [3.63, 3.8) is 0 Å². The quantitative estimate of drug-likeness (QED) is 0.388. The van der Waals surface area contributed by atoms with E-state index >= 15 is 0 Å². The molecule has 0 radical (unpaired) electrons. The Morgan fingerprint density at radius 3 is 1.09 bits per heavy atom. The summed E-state index contributed by atoms with van der Waals surface area (Å²) in [5.41, 5.74) is 6.29. The summed E-state index contributed by atoms with van der Waals surface area (Å²) in [4.78, 5) is 0.417. The number of rotatable bonds is 3. The van der Waals surface area contributed by atoms with Gasteiger partial charge in [-0.1, -0.05) is 19.3 Å². The zero-order valence-electron chi connectivity index (χ0n) is 14.4. The van der Waals surface area contributed by atoms with Crippen LogP contribution in [0.3, 0.4) is 0 Å². The van der Waals surface area contributed by atoms with Gasteiger partial charge in [-0.15, -0.1) is 15.0 Å². The Morgan fingerprint density at radius 2 is 0.870 bits per heavy atom. The van der Waals surface area contributed by atoms with Crippen LogP contribution in [0.2, 0.25) is 0 Å². The summed E-state index contributed by atoms with van der Waals surface area (Å²) in [5.74, 6) is 0.297. The molecule has 0 spiro atoms. The Balaban J connectivity index is 0.00000192. The molecule has 134 valence electrons. The van der Waals surface area contributed by atoms with Gasteiger partial charge in [0, 0.05) is 0 Å². The van der Waals surface area contributed by atoms with E-state index in [1.165, 1.54) is 57.8 Å². The predicted molar refractivity (Wildman–Crippen MR) is 88.4 cm³/mol. The topological polar surface area (TPSA) is 59.6 Å². The van der Waals surface area contributed by atoms with E-state index in [9.17, 15) is 0 Å². The second-order valence-corrected chi connectivity index (χ2v) is 7.00. The minimum absolute atomic E-state index is 0. The minimum Gasteiger partial charge on any atom is -1.00 e. The van der Waals surface area contributed by atoms with E-state index in [1.54, 1.807) is 0 Å². The fourth-order valence-electron chi connectivity index (χ4n) is 4.46. The Hall–Kier alpha value is -0.400. The average Bonchev–Trinajstić information content (AvgIpc) is 2.58. The molecule has 0 aromatic carbocycles. The molecule has 0 bridgehead atoms. The van der Waals surface area contributed by atoms with Crippen molar-refractivity contribution in [1.82, 2.24) is 15.0 Å². The molecule has 0 unspecified atom stereocenters. The Kier molecular flexibility index (Phi) is 7.10. The molecular weight excluding hydrogens is 312 g/mol. The molecule has 7 heteroatoms. The van der Waals surface area contributed by atoms with Crippen LogP contribution in [0.5, 0.6) is 0 Å². The number of nitrogens with zero attached hydrogens (tertiary/aromatic N) is 4. The standard InChI is InChI=1S/C16H33N6.ClH/c17-16(18)22(19-10-4-1-5-11-19,20-12-6-2-7-13-20)21-14-8-3-9-15-21;/h1-15H2,(H3,17,18);1H/q+1;/p-1. The second-order valence-electron chi connectivity index (χ2n) is 7.00. The second kappa shape index (κ2) is 8.62. The number of hydrogen-bond acceptors (Lipinski definition) is 4. The fraction of sp³-hybridized carbons (Fsp3) is 0.938. The highest BCUT2D eigenvalue weighted by Gasteiger charge is 2.52. The van der Waals surface area contributed by atoms with Crippen molar-refractivity contribution in [3.05, 3.63) is 0 Å². The van der Waals surface area contributed by atoms with E-state index in [4.69, 9.17) is 11.1 Å². The van der Waals surface area contributed by atoms with Crippen molar-refractivity contribution < 1.29 is 17.2 Å². The number of guanidine groups is 1. The summed E-state index contributed by atoms with van der Waals surface area (Å²) >= 11 is 0. The van der Waals surface area contributed by atoms with Gasteiger partial charge in [0.05, 0.1) is 39.3 Å². The van der Waals surface area contributed by atoms with Gasteiger partial charge in [0.2, 0.25) is 0 Å². The van der Waals surface area contributed by atoms with E-state index in [0.29, 0.717) is 10.8 Å². The largest absolute Gasteiger partial charge is 1.00 e. The van der Waals surface area contributed by atoms with Crippen LogP contribution in [0.4, 0.5) is 0 Å². The maximum absolute atomic E-state index is 8.53. The maximum atomic E-state index is 8.53. The first-order valence-electron chi connectivity index (χ1n) is 9.26. The van der Waals surface area contributed by atoms with Crippen LogP contribution in [0, 0.1) is 5.41 Å². The van der Waals surface area contributed by atoms with Crippen LogP contribution in [-0.4, -0.2) is 65.1 Å². The van der Waals surface area contributed by atoms with E-state index < -0.39 is 0 Å². The van der Waals surface area contributed by atoms with Crippen molar-refractivity contribution in [2.45, 2.75) is 57.8 Å². The third-order valence-electron chi connectivity index (χ3n) is 5.50. The zero-order chi connectivity index (χ0) is 15.4.